The molecular weight excluding hydrogens is 358 g/mol. The van der Waals surface area contributed by atoms with E-state index in [0.717, 1.165) is 32.2 Å². The predicted octanol–water partition coefficient (Wildman–Crippen LogP) is 4.63. The van der Waals surface area contributed by atoms with Gasteiger partial charge < -0.3 is 4.74 Å². The molecule has 0 bridgehead atoms. The Morgan fingerprint density at radius 1 is 1.28 bits per heavy atom. The van der Waals surface area contributed by atoms with Crippen LogP contribution >= 0.6 is 31.9 Å². The quantitative estimate of drug-likeness (QED) is 0.732. The van der Waals surface area contributed by atoms with Gasteiger partial charge in [0.2, 0.25) is 0 Å². The molecule has 0 unspecified atom stereocenters. The number of pyridine rings is 1. The van der Waals surface area contributed by atoms with E-state index in [1.807, 2.05) is 18.3 Å². The van der Waals surface area contributed by atoms with Crippen molar-refractivity contribution in [2.75, 3.05) is 0 Å². The van der Waals surface area contributed by atoms with Crippen LogP contribution < -0.4 is 4.74 Å². The Hall–Kier alpha value is -0.870. The molecule has 1 aromatic carbocycles. The van der Waals surface area contributed by atoms with E-state index in [1.165, 1.54) is 0 Å². The molecule has 0 amide bonds. The average Bonchev–Trinajstić information content (AvgIpc) is 2.37. The van der Waals surface area contributed by atoms with Crippen LogP contribution in [0.5, 0.6) is 5.75 Å². The molecule has 2 rings (SSSR count). The second kappa shape index (κ2) is 6.34. The van der Waals surface area contributed by atoms with E-state index in [4.69, 9.17) is 4.74 Å². The van der Waals surface area contributed by atoms with Gasteiger partial charge in [0.15, 0.2) is 0 Å². The molecule has 0 fully saturated rings. The summed E-state index contributed by atoms with van der Waals surface area (Å²) in [5, 5.41) is 0.792. The Morgan fingerprint density at radius 3 is 2.83 bits per heavy atom. The molecule has 2 aromatic rings. The monoisotopic (exact) mass is 369 g/mol. The summed E-state index contributed by atoms with van der Waals surface area (Å²) >= 11 is 6.89. The zero-order valence-corrected chi connectivity index (χ0v) is 13.2. The fourth-order valence-corrected chi connectivity index (χ4v) is 2.57. The van der Waals surface area contributed by atoms with E-state index in [-0.39, 0.29) is 0 Å². The van der Waals surface area contributed by atoms with Gasteiger partial charge in [-0.25, -0.2) is 0 Å². The number of halogens is 2. The molecule has 0 spiro atoms. The molecule has 0 radical (unpaired) electrons. The Labute approximate surface area is 124 Å². The highest BCUT2D eigenvalue weighted by molar-refractivity contribution is 9.10. The fraction of sp³-hybridized carbons (Fsp3) is 0.214. The molecule has 4 heteroatoms. The van der Waals surface area contributed by atoms with Crippen molar-refractivity contribution in [1.29, 1.82) is 0 Å². The van der Waals surface area contributed by atoms with Gasteiger partial charge in [0.1, 0.15) is 12.4 Å². The first-order valence-corrected chi connectivity index (χ1v) is 7.49. The first kappa shape index (κ1) is 13.6. The fourth-order valence-electron chi connectivity index (χ4n) is 1.72. The largest absolute Gasteiger partial charge is 0.488 e. The van der Waals surface area contributed by atoms with E-state index in [1.54, 1.807) is 6.20 Å². The normalized spacial score (nSPS) is 10.4. The summed E-state index contributed by atoms with van der Waals surface area (Å²) in [6.07, 6.45) is 3.58. The number of aromatic nitrogens is 1. The lowest BCUT2D eigenvalue weighted by Crippen LogP contribution is -2.00. The minimum absolute atomic E-state index is 0.525. The Balaban J connectivity index is 2.15. The zero-order valence-electron chi connectivity index (χ0n) is 9.99. The van der Waals surface area contributed by atoms with Gasteiger partial charge in [-0.05, 0) is 34.5 Å². The number of hydrogen-bond donors (Lipinski definition) is 0. The number of hydrogen-bond acceptors (Lipinski definition) is 2. The summed E-state index contributed by atoms with van der Waals surface area (Å²) in [5.41, 5.74) is 3.36. The van der Waals surface area contributed by atoms with Crippen LogP contribution in [0.4, 0.5) is 0 Å². The van der Waals surface area contributed by atoms with Gasteiger partial charge in [0, 0.05) is 33.3 Å². The van der Waals surface area contributed by atoms with Crippen molar-refractivity contribution in [2.45, 2.75) is 18.9 Å². The van der Waals surface area contributed by atoms with Gasteiger partial charge in [-0.2, -0.15) is 0 Å². The first-order valence-electron chi connectivity index (χ1n) is 5.57. The Bertz CT molecular complexity index is 543. The Morgan fingerprint density at radius 2 is 2.11 bits per heavy atom. The lowest BCUT2D eigenvalue weighted by atomic mass is 10.1. The lowest BCUT2D eigenvalue weighted by Gasteiger charge is -2.12. The Kier molecular flexibility index (Phi) is 4.78. The number of alkyl halides is 1. The molecular formula is C14H13Br2NO. The lowest BCUT2D eigenvalue weighted by molar-refractivity contribution is 0.301. The number of benzene rings is 1. The van der Waals surface area contributed by atoms with E-state index >= 15 is 0 Å². The SMILES string of the molecule is Cc1cccc(CBr)c1OCc1cncc(Br)c1. The molecule has 18 heavy (non-hydrogen) atoms. The van der Waals surface area contributed by atoms with Gasteiger partial charge in [-0.15, -0.1) is 0 Å². The van der Waals surface area contributed by atoms with Crippen molar-refractivity contribution in [1.82, 2.24) is 4.98 Å². The number of rotatable bonds is 4. The predicted molar refractivity (Wildman–Crippen MR) is 80.1 cm³/mol. The summed E-state index contributed by atoms with van der Waals surface area (Å²) in [5.74, 6) is 0.953. The van der Waals surface area contributed by atoms with Gasteiger partial charge in [-0.3, -0.25) is 4.98 Å². The number of nitrogens with zero attached hydrogens (tertiary/aromatic N) is 1. The summed E-state index contributed by atoms with van der Waals surface area (Å²) in [6, 6.07) is 8.18. The molecule has 1 heterocycles. The third kappa shape index (κ3) is 3.33. The van der Waals surface area contributed by atoms with E-state index in [2.05, 4.69) is 55.9 Å². The molecule has 0 aliphatic rings. The maximum atomic E-state index is 5.91. The van der Waals surface area contributed by atoms with Crippen molar-refractivity contribution in [3.8, 4) is 5.75 Å². The van der Waals surface area contributed by atoms with E-state index in [0.29, 0.717) is 6.61 Å². The van der Waals surface area contributed by atoms with Gasteiger partial charge in [0.25, 0.3) is 0 Å². The van der Waals surface area contributed by atoms with Crippen molar-refractivity contribution >= 4 is 31.9 Å². The molecule has 0 aliphatic carbocycles. The minimum Gasteiger partial charge on any atom is -0.488 e. The van der Waals surface area contributed by atoms with Crippen LogP contribution in [0, 0.1) is 6.92 Å². The van der Waals surface area contributed by atoms with Crippen LogP contribution in [0.15, 0.2) is 41.1 Å². The second-order valence-electron chi connectivity index (χ2n) is 4.00. The van der Waals surface area contributed by atoms with Crippen LogP contribution in [0.25, 0.3) is 0 Å². The van der Waals surface area contributed by atoms with Gasteiger partial charge in [0.05, 0.1) is 0 Å². The topological polar surface area (TPSA) is 22.1 Å². The molecule has 0 atom stereocenters. The molecule has 0 saturated carbocycles. The summed E-state index contributed by atoms with van der Waals surface area (Å²) in [6.45, 7) is 2.58. The molecule has 0 aliphatic heterocycles. The summed E-state index contributed by atoms with van der Waals surface area (Å²) in [7, 11) is 0. The second-order valence-corrected chi connectivity index (χ2v) is 5.47. The molecule has 0 saturated heterocycles. The van der Waals surface area contributed by atoms with Crippen LogP contribution in [-0.2, 0) is 11.9 Å². The molecule has 2 nitrogen and oxygen atoms in total. The van der Waals surface area contributed by atoms with Crippen LogP contribution in [0.1, 0.15) is 16.7 Å². The van der Waals surface area contributed by atoms with Crippen molar-refractivity contribution in [3.63, 3.8) is 0 Å². The highest BCUT2D eigenvalue weighted by atomic mass is 79.9. The van der Waals surface area contributed by atoms with Gasteiger partial charge >= 0.3 is 0 Å². The summed E-state index contributed by atoms with van der Waals surface area (Å²) in [4.78, 5) is 4.13. The maximum Gasteiger partial charge on any atom is 0.126 e. The molecule has 94 valence electrons. The zero-order chi connectivity index (χ0) is 13.0. The first-order chi connectivity index (χ1) is 8.70. The van der Waals surface area contributed by atoms with Crippen LogP contribution in [0.2, 0.25) is 0 Å². The highest BCUT2D eigenvalue weighted by Gasteiger charge is 2.06. The van der Waals surface area contributed by atoms with Crippen LogP contribution in [-0.4, -0.2) is 4.98 Å². The third-order valence-corrected chi connectivity index (χ3v) is 3.62. The van der Waals surface area contributed by atoms with Crippen molar-refractivity contribution in [2.24, 2.45) is 0 Å². The molecule has 1 aromatic heterocycles. The highest BCUT2D eigenvalue weighted by Crippen LogP contribution is 2.26. The standard InChI is InChI=1S/C14H13Br2NO/c1-10-3-2-4-12(6-15)14(10)18-9-11-5-13(16)8-17-7-11/h2-5,7-8H,6,9H2,1H3. The average molecular weight is 371 g/mol. The number of ether oxygens (including phenoxy) is 1. The van der Waals surface area contributed by atoms with Crippen molar-refractivity contribution < 1.29 is 4.74 Å². The number of para-hydroxylation sites is 1. The number of aryl methyl sites for hydroxylation is 1. The minimum atomic E-state index is 0.525. The third-order valence-electron chi connectivity index (χ3n) is 2.58. The van der Waals surface area contributed by atoms with Crippen molar-refractivity contribution in [3.05, 3.63) is 57.8 Å². The summed E-state index contributed by atoms with van der Waals surface area (Å²) < 4.78 is 6.88. The van der Waals surface area contributed by atoms with Gasteiger partial charge in [-0.1, -0.05) is 34.1 Å². The molecule has 0 N–H and O–H groups in total. The van der Waals surface area contributed by atoms with E-state index in [9.17, 15) is 0 Å². The van der Waals surface area contributed by atoms with Crippen LogP contribution in [0.3, 0.4) is 0 Å². The maximum absolute atomic E-state index is 5.91. The smallest absolute Gasteiger partial charge is 0.126 e. The van der Waals surface area contributed by atoms with E-state index < -0.39 is 0 Å².